The zero-order valence-corrected chi connectivity index (χ0v) is 28.8. The summed E-state index contributed by atoms with van der Waals surface area (Å²) in [5, 5.41) is 9.07. The number of nitrogens with one attached hydrogen (secondary N) is 3. The Balaban J connectivity index is 2.57. The lowest BCUT2D eigenvalue weighted by atomic mass is 10.3. The molecule has 0 aromatic heterocycles. The summed E-state index contributed by atoms with van der Waals surface area (Å²) in [5.41, 5.74) is 0.812. The summed E-state index contributed by atoms with van der Waals surface area (Å²) in [7, 11) is -4.06. The predicted molar refractivity (Wildman–Crippen MR) is 171 cm³/mol. The second-order valence-electron chi connectivity index (χ2n) is 11.8. The number of carbonyl (C=O) groups is 2. The molecule has 1 aromatic carbocycles. The molecule has 1 rings (SSSR count). The number of hydrogen-bond acceptors (Lipinski definition) is 6. The van der Waals surface area contributed by atoms with E-state index in [-0.39, 0.29) is 6.03 Å². The first-order valence-corrected chi connectivity index (χ1v) is 23.4. The van der Waals surface area contributed by atoms with Gasteiger partial charge in [0, 0.05) is 38.4 Å². The largest absolute Gasteiger partial charge is 0.437 e. The fraction of sp³-hybridized carbons (Fsp3) is 0.704. The first-order chi connectivity index (χ1) is 18.3. The molecule has 0 atom stereocenters. The Morgan fingerprint density at radius 2 is 1.46 bits per heavy atom. The third kappa shape index (κ3) is 17.0. The van der Waals surface area contributed by atoms with Gasteiger partial charge in [-0.25, -0.2) is 4.79 Å². The summed E-state index contributed by atoms with van der Waals surface area (Å²) in [6.45, 7) is 21.1. The monoisotopic (exact) mass is 597 g/mol. The van der Waals surface area contributed by atoms with E-state index in [2.05, 4.69) is 74.1 Å². The zero-order chi connectivity index (χ0) is 29.4. The number of amides is 3. The number of urea groups is 1. The molecule has 0 radical (unpaired) electrons. The molecule has 0 aliphatic heterocycles. The molecule has 0 aliphatic rings. The molecule has 9 nitrogen and oxygen atoms in total. The number of benzene rings is 1. The van der Waals surface area contributed by atoms with Crippen LogP contribution in [0, 0.1) is 0 Å². The van der Waals surface area contributed by atoms with E-state index in [1.807, 2.05) is 35.2 Å². The lowest BCUT2D eigenvalue weighted by molar-refractivity contribution is -0.109. The summed E-state index contributed by atoms with van der Waals surface area (Å²) < 4.78 is 13.6. The number of anilines is 1. The van der Waals surface area contributed by atoms with Gasteiger partial charge in [0.25, 0.3) is 0 Å². The van der Waals surface area contributed by atoms with Crippen molar-refractivity contribution in [3.63, 3.8) is 0 Å². The number of rotatable bonds is 21. The third-order valence-corrected chi connectivity index (χ3v) is 17.9. The van der Waals surface area contributed by atoms with Crippen LogP contribution in [0.15, 0.2) is 30.3 Å². The van der Waals surface area contributed by atoms with E-state index in [1.54, 1.807) is 0 Å². The minimum Gasteiger partial charge on any atom is -0.437 e. The topological polar surface area (TPSA) is 95.2 Å². The van der Waals surface area contributed by atoms with E-state index in [0.29, 0.717) is 19.6 Å². The molecule has 0 spiro atoms. The Labute approximate surface area is 240 Å². The molecule has 3 amide bonds. The molecule has 3 N–H and O–H groups in total. The van der Waals surface area contributed by atoms with Crippen molar-refractivity contribution >= 4 is 43.3 Å². The Morgan fingerprint density at radius 3 is 2.03 bits per heavy atom. The van der Waals surface area contributed by atoms with E-state index in [1.165, 1.54) is 0 Å². The van der Waals surface area contributed by atoms with Crippen LogP contribution in [0.3, 0.4) is 0 Å². The second-order valence-corrected chi connectivity index (χ2v) is 24.3. The fourth-order valence-electron chi connectivity index (χ4n) is 4.78. The molecular formula is C27H55N5O4Si3. The highest BCUT2D eigenvalue weighted by atomic mass is 28.5. The van der Waals surface area contributed by atoms with Crippen molar-refractivity contribution in [1.82, 2.24) is 20.4 Å². The third-order valence-electron chi connectivity index (χ3n) is 6.41. The lowest BCUT2D eigenvalue weighted by Gasteiger charge is -2.39. The number of hydrogen-bond donors (Lipinski definition) is 3. The highest BCUT2D eigenvalue weighted by molar-refractivity contribution is 6.87. The SMILES string of the molecule is CCNCCN(CCC[Si](C)(C)O[Si](C)(C)O[Si](C)(C)CCCN(C)CCNC=O)C(=O)Nc1ccccc1. The Morgan fingerprint density at radius 1 is 0.872 bits per heavy atom. The van der Waals surface area contributed by atoms with Gasteiger partial charge in [-0.05, 0) is 96.5 Å². The summed E-state index contributed by atoms with van der Waals surface area (Å²) in [6, 6.07) is 11.6. The van der Waals surface area contributed by atoms with Crippen LogP contribution in [-0.4, -0.2) is 100 Å². The average Bonchev–Trinajstić information content (AvgIpc) is 2.82. The van der Waals surface area contributed by atoms with E-state index < -0.39 is 25.2 Å². The summed E-state index contributed by atoms with van der Waals surface area (Å²) >= 11 is 0. The average molecular weight is 598 g/mol. The molecule has 12 heteroatoms. The first kappa shape index (κ1) is 35.5. The van der Waals surface area contributed by atoms with Gasteiger partial charge >= 0.3 is 14.6 Å². The summed E-state index contributed by atoms with van der Waals surface area (Å²) in [4.78, 5) is 27.6. The normalized spacial score (nSPS) is 12.4. The van der Waals surface area contributed by atoms with E-state index in [0.717, 1.165) is 63.2 Å². The van der Waals surface area contributed by atoms with Crippen LogP contribution in [-0.2, 0) is 13.0 Å². The van der Waals surface area contributed by atoms with E-state index >= 15 is 0 Å². The maximum Gasteiger partial charge on any atom is 0.321 e. The molecule has 0 saturated carbocycles. The van der Waals surface area contributed by atoms with E-state index in [4.69, 9.17) is 8.23 Å². The van der Waals surface area contributed by atoms with Crippen LogP contribution < -0.4 is 16.0 Å². The molecular weight excluding hydrogens is 543 g/mol. The van der Waals surface area contributed by atoms with E-state index in [9.17, 15) is 9.59 Å². The summed E-state index contributed by atoms with van der Waals surface area (Å²) in [5.74, 6) is 0. The standard InChI is InChI=1S/C27H55N5O4Si3/c1-9-28-18-22-32(27(34)30-26-15-11-10-12-16-26)20-14-24-38(5,6)36-39(7,8)35-37(3,4)23-13-19-31(2)21-17-29-25-33/h10-12,15-16,25,28H,9,13-14,17-24H2,1-8H3,(H,29,33)(H,30,34). The molecule has 0 unspecified atom stereocenters. The van der Waals surface area contributed by atoms with Crippen LogP contribution in [0.2, 0.25) is 51.4 Å². The van der Waals surface area contributed by atoms with Gasteiger partial charge in [0.2, 0.25) is 6.41 Å². The maximum atomic E-state index is 13.0. The van der Waals surface area contributed by atoms with Crippen molar-refractivity contribution in [2.24, 2.45) is 0 Å². The predicted octanol–water partition coefficient (Wildman–Crippen LogP) is 4.73. The van der Waals surface area contributed by atoms with Gasteiger partial charge in [-0.3, -0.25) is 4.79 Å². The highest BCUT2D eigenvalue weighted by Crippen LogP contribution is 2.26. The number of likely N-dealkylation sites (N-methyl/N-ethyl adjacent to an activating group) is 2. The van der Waals surface area contributed by atoms with Crippen LogP contribution in [0.5, 0.6) is 0 Å². The van der Waals surface area contributed by atoms with Gasteiger partial charge in [-0.1, -0.05) is 25.1 Å². The number of carbonyl (C=O) groups excluding carboxylic acids is 2. The summed E-state index contributed by atoms with van der Waals surface area (Å²) in [6.07, 6.45) is 2.74. The molecule has 0 saturated heterocycles. The Bertz CT molecular complexity index is 831. The van der Waals surface area contributed by atoms with Crippen molar-refractivity contribution in [2.75, 3.05) is 58.2 Å². The van der Waals surface area contributed by atoms with Gasteiger partial charge in [0.15, 0.2) is 16.6 Å². The molecule has 0 bridgehead atoms. The van der Waals surface area contributed by atoms with Crippen molar-refractivity contribution in [1.29, 1.82) is 0 Å². The first-order valence-electron chi connectivity index (χ1n) is 14.4. The van der Waals surface area contributed by atoms with Gasteiger partial charge in [-0.2, -0.15) is 0 Å². The van der Waals surface area contributed by atoms with Gasteiger partial charge in [0.05, 0.1) is 0 Å². The Kier molecular flexibility index (Phi) is 16.4. The minimum absolute atomic E-state index is 0.0593. The molecule has 39 heavy (non-hydrogen) atoms. The minimum atomic E-state index is -2.30. The molecule has 1 aromatic rings. The van der Waals surface area contributed by atoms with Gasteiger partial charge in [-0.15, -0.1) is 0 Å². The zero-order valence-electron chi connectivity index (χ0n) is 25.8. The highest BCUT2D eigenvalue weighted by Gasteiger charge is 2.39. The second kappa shape index (κ2) is 18.0. The van der Waals surface area contributed by atoms with Crippen molar-refractivity contribution < 1.29 is 17.8 Å². The smallest absolute Gasteiger partial charge is 0.321 e. The van der Waals surface area contributed by atoms with Crippen LogP contribution in [0.25, 0.3) is 0 Å². The molecule has 0 heterocycles. The number of para-hydroxylation sites is 1. The van der Waals surface area contributed by atoms with Gasteiger partial charge < -0.3 is 34.0 Å². The van der Waals surface area contributed by atoms with Crippen LogP contribution in [0.4, 0.5) is 10.5 Å². The molecule has 0 fully saturated rings. The number of nitrogens with zero attached hydrogens (tertiary/aromatic N) is 2. The van der Waals surface area contributed by atoms with Crippen molar-refractivity contribution in [2.45, 2.75) is 71.1 Å². The van der Waals surface area contributed by atoms with Crippen molar-refractivity contribution in [3.05, 3.63) is 30.3 Å². The lowest BCUT2D eigenvalue weighted by Crippen LogP contribution is -2.52. The fourth-order valence-corrected chi connectivity index (χ4v) is 18.8. The Hall–Kier alpha value is -1.55. The van der Waals surface area contributed by atoms with Crippen LogP contribution in [0.1, 0.15) is 19.8 Å². The van der Waals surface area contributed by atoms with Gasteiger partial charge in [0.1, 0.15) is 0 Å². The van der Waals surface area contributed by atoms with Crippen molar-refractivity contribution in [3.8, 4) is 0 Å². The quantitative estimate of drug-likeness (QED) is 0.108. The molecule has 0 aliphatic carbocycles. The maximum absolute atomic E-state index is 13.0. The molecule has 224 valence electrons. The van der Waals surface area contributed by atoms with Crippen LogP contribution >= 0.6 is 0 Å².